The van der Waals surface area contributed by atoms with Crippen molar-refractivity contribution >= 4 is 16.9 Å². The van der Waals surface area contributed by atoms with E-state index >= 15 is 0 Å². The normalized spacial score (nSPS) is 10.9. The van der Waals surface area contributed by atoms with Gasteiger partial charge in [-0.3, -0.25) is 0 Å². The van der Waals surface area contributed by atoms with Crippen LogP contribution in [0.5, 0.6) is 5.75 Å². The lowest BCUT2D eigenvalue weighted by molar-refractivity contribution is -0.0504. The first-order valence-electron chi connectivity index (χ1n) is 8.23. The van der Waals surface area contributed by atoms with Crippen molar-refractivity contribution in [1.82, 2.24) is 15.6 Å². The Labute approximate surface area is 149 Å². The van der Waals surface area contributed by atoms with Crippen LogP contribution in [0.3, 0.4) is 0 Å². The van der Waals surface area contributed by atoms with Gasteiger partial charge in [-0.25, -0.2) is 4.79 Å². The van der Waals surface area contributed by atoms with Crippen molar-refractivity contribution in [1.29, 1.82) is 0 Å². The maximum atomic E-state index is 12.4. The van der Waals surface area contributed by atoms with Crippen molar-refractivity contribution in [2.45, 2.75) is 19.6 Å². The molecule has 1 aromatic heterocycles. The number of aromatic nitrogens is 1. The van der Waals surface area contributed by atoms with Crippen LogP contribution in [-0.2, 0) is 13.0 Å². The minimum atomic E-state index is -2.90. The number of carbonyl (C=O) groups excluding carboxylic acids is 1. The van der Waals surface area contributed by atoms with Crippen LogP contribution < -0.4 is 15.4 Å². The van der Waals surface area contributed by atoms with Gasteiger partial charge in [0.1, 0.15) is 5.75 Å². The van der Waals surface area contributed by atoms with Gasteiger partial charge in [0.15, 0.2) is 0 Å². The lowest BCUT2D eigenvalue weighted by Crippen LogP contribution is -2.36. The van der Waals surface area contributed by atoms with Crippen LogP contribution in [0, 0.1) is 0 Å². The van der Waals surface area contributed by atoms with Crippen molar-refractivity contribution in [3.8, 4) is 5.75 Å². The highest BCUT2D eigenvalue weighted by Gasteiger charge is 2.10. The molecule has 26 heavy (non-hydrogen) atoms. The summed E-state index contributed by atoms with van der Waals surface area (Å²) in [5.74, 6) is 0.0570. The van der Waals surface area contributed by atoms with E-state index in [1.807, 2.05) is 30.5 Å². The Balaban J connectivity index is 1.48. The highest BCUT2D eigenvalue weighted by Crippen LogP contribution is 2.20. The van der Waals surface area contributed by atoms with Gasteiger partial charge in [0, 0.05) is 35.8 Å². The summed E-state index contributed by atoms with van der Waals surface area (Å²) in [5.41, 5.74) is 2.67. The molecule has 3 aromatic rings. The third-order valence-electron chi connectivity index (χ3n) is 3.98. The molecule has 0 saturated heterocycles. The average Bonchev–Trinajstić information content (AvgIpc) is 3.04. The summed E-state index contributed by atoms with van der Waals surface area (Å²) < 4.78 is 29.2. The molecule has 1 heterocycles. The van der Waals surface area contributed by atoms with Gasteiger partial charge in [0.05, 0.1) is 0 Å². The van der Waals surface area contributed by atoms with E-state index in [-0.39, 0.29) is 18.3 Å². The number of benzene rings is 2. The number of nitrogens with one attached hydrogen (secondary N) is 3. The van der Waals surface area contributed by atoms with E-state index in [4.69, 9.17) is 0 Å². The molecule has 0 spiro atoms. The molecule has 3 rings (SSSR count). The number of aromatic amines is 1. The van der Waals surface area contributed by atoms with E-state index in [9.17, 15) is 13.6 Å². The standard InChI is InChI=1S/C19H19F2N3O2/c20-18(21)26-17-8-4-1-5-14(17)12-24-19(25)22-10-9-13-11-23-16-7-3-2-6-15(13)16/h1-8,11,18,23H,9-10,12H2,(H2,22,24,25). The Hall–Kier alpha value is -3.09. The fourth-order valence-corrected chi connectivity index (χ4v) is 2.75. The van der Waals surface area contributed by atoms with E-state index < -0.39 is 6.61 Å². The lowest BCUT2D eigenvalue weighted by Gasteiger charge is -2.12. The van der Waals surface area contributed by atoms with E-state index in [0.29, 0.717) is 18.5 Å². The summed E-state index contributed by atoms with van der Waals surface area (Å²) in [6.45, 7) is -2.34. The zero-order valence-corrected chi connectivity index (χ0v) is 14.0. The van der Waals surface area contributed by atoms with Crippen LogP contribution >= 0.6 is 0 Å². The SMILES string of the molecule is O=C(NCCc1c[nH]c2ccccc12)NCc1ccccc1OC(F)F. The Morgan fingerprint density at radius 1 is 1.04 bits per heavy atom. The van der Waals surface area contributed by atoms with E-state index in [1.54, 1.807) is 18.2 Å². The van der Waals surface area contributed by atoms with Gasteiger partial charge < -0.3 is 20.4 Å². The van der Waals surface area contributed by atoms with Crippen molar-refractivity contribution in [2.24, 2.45) is 0 Å². The number of rotatable bonds is 7. The van der Waals surface area contributed by atoms with Crippen LogP contribution in [-0.4, -0.2) is 24.2 Å². The monoisotopic (exact) mass is 359 g/mol. The Bertz CT molecular complexity index is 880. The maximum absolute atomic E-state index is 12.4. The molecule has 0 atom stereocenters. The van der Waals surface area contributed by atoms with E-state index in [2.05, 4.69) is 20.4 Å². The molecule has 2 amide bonds. The molecular formula is C19H19F2N3O2. The lowest BCUT2D eigenvalue weighted by atomic mass is 10.1. The van der Waals surface area contributed by atoms with Gasteiger partial charge >= 0.3 is 12.6 Å². The molecule has 0 saturated carbocycles. The fourth-order valence-electron chi connectivity index (χ4n) is 2.75. The molecular weight excluding hydrogens is 340 g/mol. The van der Waals surface area contributed by atoms with Gasteiger partial charge in [-0.05, 0) is 24.1 Å². The topological polar surface area (TPSA) is 66.2 Å². The van der Waals surface area contributed by atoms with Crippen LogP contribution in [0.2, 0.25) is 0 Å². The number of H-pyrrole nitrogens is 1. The number of fused-ring (bicyclic) bond motifs is 1. The predicted molar refractivity (Wildman–Crippen MR) is 95.3 cm³/mol. The van der Waals surface area contributed by atoms with Gasteiger partial charge in [-0.2, -0.15) is 8.78 Å². The summed E-state index contributed by atoms with van der Waals surface area (Å²) in [7, 11) is 0. The Morgan fingerprint density at radius 3 is 2.65 bits per heavy atom. The number of alkyl halides is 2. The third kappa shape index (κ3) is 4.50. The highest BCUT2D eigenvalue weighted by molar-refractivity contribution is 5.83. The third-order valence-corrected chi connectivity index (χ3v) is 3.98. The van der Waals surface area contributed by atoms with Crippen LogP contribution in [0.1, 0.15) is 11.1 Å². The maximum Gasteiger partial charge on any atom is 0.387 e. The number of ether oxygens (including phenoxy) is 1. The molecule has 0 fully saturated rings. The molecule has 136 valence electrons. The van der Waals surface area contributed by atoms with Crippen molar-refractivity contribution in [2.75, 3.05) is 6.54 Å². The minimum absolute atomic E-state index is 0.0570. The smallest absolute Gasteiger partial charge is 0.387 e. The second-order valence-electron chi connectivity index (χ2n) is 5.71. The first-order chi connectivity index (χ1) is 12.6. The number of amides is 2. The van der Waals surface area contributed by atoms with Crippen LogP contribution in [0.25, 0.3) is 10.9 Å². The van der Waals surface area contributed by atoms with Gasteiger partial charge in [0.25, 0.3) is 0 Å². The molecule has 5 nitrogen and oxygen atoms in total. The summed E-state index contributed by atoms with van der Waals surface area (Å²) >= 11 is 0. The van der Waals surface area contributed by atoms with E-state index in [1.165, 1.54) is 6.07 Å². The average molecular weight is 359 g/mol. The van der Waals surface area contributed by atoms with E-state index in [0.717, 1.165) is 16.5 Å². The number of carbonyl (C=O) groups is 1. The van der Waals surface area contributed by atoms with Crippen LogP contribution in [0.4, 0.5) is 13.6 Å². The molecule has 0 bridgehead atoms. The first-order valence-corrected chi connectivity index (χ1v) is 8.23. The Kier molecular flexibility index (Phi) is 5.68. The number of hydrogen-bond donors (Lipinski definition) is 3. The number of urea groups is 1. The molecule has 7 heteroatoms. The Morgan fingerprint density at radius 2 is 1.81 bits per heavy atom. The molecule has 0 unspecified atom stereocenters. The summed E-state index contributed by atoms with van der Waals surface area (Å²) in [6, 6.07) is 14.0. The van der Waals surface area contributed by atoms with Gasteiger partial charge in [-0.15, -0.1) is 0 Å². The van der Waals surface area contributed by atoms with Crippen molar-refractivity contribution in [3.05, 3.63) is 65.9 Å². The summed E-state index contributed by atoms with van der Waals surface area (Å²) in [4.78, 5) is 15.1. The second-order valence-corrected chi connectivity index (χ2v) is 5.71. The number of halogens is 2. The van der Waals surface area contributed by atoms with Crippen molar-refractivity contribution < 1.29 is 18.3 Å². The first kappa shape index (κ1) is 17.7. The molecule has 0 aliphatic rings. The zero-order chi connectivity index (χ0) is 18.4. The fraction of sp³-hybridized carbons (Fsp3) is 0.211. The molecule has 0 radical (unpaired) electrons. The summed E-state index contributed by atoms with van der Waals surface area (Å²) in [6.07, 6.45) is 2.62. The summed E-state index contributed by atoms with van der Waals surface area (Å²) in [5, 5.41) is 6.54. The molecule has 2 aromatic carbocycles. The van der Waals surface area contributed by atoms with Crippen LogP contribution in [0.15, 0.2) is 54.7 Å². The molecule has 0 aliphatic carbocycles. The predicted octanol–water partition coefficient (Wildman–Crippen LogP) is 3.81. The molecule has 0 aliphatic heterocycles. The number of para-hydroxylation sites is 2. The zero-order valence-electron chi connectivity index (χ0n) is 14.0. The minimum Gasteiger partial charge on any atom is -0.434 e. The van der Waals surface area contributed by atoms with Gasteiger partial charge in [-0.1, -0.05) is 36.4 Å². The molecule has 3 N–H and O–H groups in total. The number of hydrogen-bond acceptors (Lipinski definition) is 2. The largest absolute Gasteiger partial charge is 0.434 e. The van der Waals surface area contributed by atoms with Crippen molar-refractivity contribution in [3.63, 3.8) is 0 Å². The second kappa shape index (κ2) is 8.33. The highest BCUT2D eigenvalue weighted by atomic mass is 19.3. The van der Waals surface area contributed by atoms with Gasteiger partial charge in [0.2, 0.25) is 0 Å². The quantitative estimate of drug-likeness (QED) is 0.601.